The summed E-state index contributed by atoms with van der Waals surface area (Å²) in [6.45, 7) is 2.47. The van der Waals surface area contributed by atoms with Crippen molar-refractivity contribution < 1.29 is 14.6 Å². The number of hydrazone groups is 1. The first-order chi connectivity index (χ1) is 17.5. The van der Waals surface area contributed by atoms with E-state index < -0.39 is 0 Å². The third-order valence-corrected chi connectivity index (χ3v) is 7.84. The summed E-state index contributed by atoms with van der Waals surface area (Å²) >= 11 is 2.76. The Morgan fingerprint density at radius 2 is 2.11 bits per heavy atom. The first kappa shape index (κ1) is 24.1. The summed E-state index contributed by atoms with van der Waals surface area (Å²) < 4.78 is 7.12. The maximum absolute atomic E-state index is 13.7. The number of aromatic nitrogens is 2. The van der Waals surface area contributed by atoms with Gasteiger partial charge in [0.1, 0.15) is 16.3 Å². The van der Waals surface area contributed by atoms with E-state index in [0.29, 0.717) is 28.4 Å². The summed E-state index contributed by atoms with van der Waals surface area (Å²) in [7, 11) is 0. The van der Waals surface area contributed by atoms with Gasteiger partial charge < -0.3 is 9.84 Å². The van der Waals surface area contributed by atoms with Gasteiger partial charge in [0.05, 0.1) is 29.6 Å². The molecule has 2 N–H and O–H groups in total. The van der Waals surface area contributed by atoms with Gasteiger partial charge in [-0.2, -0.15) is 5.10 Å². The van der Waals surface area contributed by atoms with Gasteiger partial charge in [0, 0.05) is 4.88 Å². The SMILES string of the molecule is CCOc1ccc(-n2c(SCC(=O)NN=Cc3cccc(O)c3)nc3sc4c(c3c2=O)CCC4)cc1. The zero-order chi connectivity index (χ0) is 25.1. The molecule has 4 aromatic rings. The van der Waals surface area contributed by atoms with E-state index in [-0.39, 0.29) is 23.0 Å². The van der Waals surface area contributed by atoms with Crippen molar-refractivity contribution in [3.05, 3.63) is 74.9 Å². The van der Waals surface area contributed by atoms with Crippen LogP contribution in [0, 0.1) is 0 Å². The zero-order valence-electron chi connectivity index (χ0n) is 19.6. The number of ether oxygens (including phenoxy) is 1. The fourth-order valence-corrected chi connectivity index (χ4v) is 6.26. The molecule has 0 atom stereocenters. The van der Waals surface area contributed by atoms with Gasteiger partial charge in [-0.3, -0.25) is 14.2 Å². The number of aryl methyl sites for hydroxylation is 2. The van der Waals surface area contributed by atoms with Crippen molar-refractivity contribution in [2.45, 2.75) is 31.3 Å². The van der Waals surface area contributed by atoms with Gasteiger partial charge in [0.15, 0.2) is 5.16 Å². The molecule has 0 saturated carbocycles. The first-order valence-corrected chi connectivity index (χ1v) is 13.4. The fraction of sp³-hybridized carbons (Fsp3) is 0.231. The number of thioether (sulfide) groups is 1. The molecule has 184 valence electrons. The van der Waals surface area contributed by atoms with Crippen LogP contribution in [0.5, 0.6) is 11.5 Å². The molecule has 36 heavy (non-hydrogen) atoms. The Labute approximate surface area is 215 Å². The second-order valence-corrected chi connectivity index (χ2v) is 10.2. The minimum Gasteiger partial charge on any atom is -0.508 e. The van der Waals surface area contributed by atoms with Crippen molar-refractivity contribution in [1.29, 1.82) is 0 Å². The zero-order valence-corrected chi connectivity index (χ0v) is 21.2. The molecule has 2 aromatic heterocycles. The minimum absolute atomic E-state index is 0.0252. The average Bonchev–Trinajstić information content (AvgIpc) is 3.45. The number of amides is 1. The van der Waals surface area contributed by atoms with Crippen molar-refractivity contribution in [1.82, 2.24) is 15.0 Å². The number of fused-ring (bicyclic) bond motifs is 3. The van der Waals surface area contributed by atoms with Gasteiger partial charge in [-0.05, 0) is 73.7 Å². The topological polar surface area (TPSA) is 106 Å². The number of hydrogen-bond donors (Lipinski definition) is 2. The second kappa shape index (κ2) is 10.5. The molecule has 8 nitrogen and oxygen atoms in total. The van der Waals surface area contributed by atoms with Crippen LogP contribution in [-0.4, -0.2) is 39.1 Å². The second-order valence-electron chi connectivity index (χ2n) is 8.18. The molecule has 0 saturated heterocycles. The number of aromatic hydroxyl groups is 1. The minimum atomic E-state index is -0.335. The van der Waals surface area contributed by atoms with E-state index in [1.165, 1.54) is 28.9 Å². The molecule has 0 unspecified atom stereocenters. The monoisotopic (exact) mass is 520 g/mol. The lowest BCUT2D eigenvalue weighted by atomic mass is 10.2. The molecular weight excluding hydrogens is 496 g/mol. The highest BCUT2D eigenvalue weighted by molar-refractivity contribution is 7.99. The lowest BCUT2D eigenvalue weighted by Crippen LogP contribution is -2.24. The molecular formula is C26H24N4O4S2. The lowest BCUT2D eigenvalue weighted by molar-refractivity contribution is -0.118. The quantitative estimate of drug-likeness (QED) is 0.155. The smallest absolute Gasteiger partial charge is 0.267 e. The number of nitrogens with zero attached hydrogens (tertiary/aromatic N) is 3. The Morgan fingerprint density at radius 3 is 2.89 bits per heavy atom. The van der Waals surface area contributed by atoms with Gasteiger partial charge in [-0.15, -0.1) is 11.3 Å². The molecule has 0 bridgehead atoms. The molecule has 0 radical (unpaired) electrons. The molecule has 0 spiro atoms. The number of phenolic OH excluding ortho intramolecular Hbond substituents is 1. The molecule has 2 heterocycles. The first-order valence-electron chi connectivity index (χ1n) is 11.6. The number of rotatable bonds is 8. The summed E-state index contributed by atoms with van der Waals surface area (Å²) in [5, 5.41) is 14.6. The van der Waals surface area contributed by atoms with Crippen LogP contribution in [0.3, 0.4) is 0 Å². The summed E-state index contributed by atoms with van der Waals surface area (Å²) in [6.07, 6.45) is 4.37. The Morgan fingerprint density at radius 1 is 1.28 bits per heavy atom. The van der Waals surface area contributed by atoms with Crippen molar-refractivity contribution in [3.63, 3.8) is 0 Å². The van der Waals surface area contributed by atoms with Crippen LogP contribution >= 0.6 is 23.1 Å². The van der Waals surface area contributed by atoms with E-state index in [2.05, 4.69) is 10.5 Å². The van der Waals surface area contributed by atoms with Crippen LogP contribution in [-0.2, 0) is 17.6 Å². The van der Waals surface area contributed by atoms with E-state index in [9.17, 15) is 14.7 Å². The summed E-state index contributed by atoms with van der Waals surface area (Å²) in [5.74, 6) is 0.530. The van der Waals surface area contributed by atoms with Gasteiger partial charge >= 0.3 is 0 Å². The highest BCUT2D eigenvalue weighted by Gasteiger charge is 2.24. The van der Waals surface area contributed by atoms with Gasteiger partial charge in [-0.25, -0.2) is 10.4 Å². The summed E-state index contributed by atoms with van der Waals surface area (Å²) in [6, 6.07) is 13.9. The molecule has 1 amide bonds. The third-order valence-electron chi connectivity index (χ3n) is 5.72. The number of hydrogen-bond acceptors (Lipinski definition) is 8. The largest absolute Gasteiger partial charge is 0.508 e. The summed E-state index contributed by atoms with van der Waals surface area (Å²) in [5.41, 5.74) is 4.81. The van der Waals surface area contributed by atoms with Crippen LogP contribution in [0.1, 0.15) is 29.3 Å². The van der Waals surface area contributed by atoms with Crippen LogP contribution in [0.2, 0.25) is 0 Å². The normalized spacial score (nSPS) is 12.8. The Balaban J connectivity index is 1.42. The molecule has 1 aliphatic carbocycles. The van der Waals surface area contributed by atoms with E-state index in [0.717, 1.165) is 35.4 Å². The fourth-order valence-electron chi connectivity index (χ4n) is 4.15. The molecule has 2 aromatic carbocycles. The standard InChI is InChI=1S/C26H24N4O4S2/c1-2-34-19-11-9-17(10-12-19)30-25(33)23-20-7-4-8-21(20)36-24(23)28-26(30)35-15-22(32)29-27-14-16-5-3-6-18(31)13-16/h3,5-6,9-14,31H,2,4,7-8,15H2,1H3,(H,29,32). The predicted molar refractivity (Wildman–Crippen MR) is 143 cm³/mol. The van der Waals surface area contributed by atoms with Gasteiger partial charge in [-0.1, -0.05) is 23.9 Å². The van der Waals surface area contributed by atoms with Crippen molar-refractivity contribution in [2.24, 2.45) is 5.10 Å². The van der Waals surface area contributed by atoms with Gasteiger partial charge in [0.25, 0.3) is 11.5 Å². The van der Waals surface area contributed by atoms with E-state index in [1.807, 2.05) is 31.2 Å². The maximum Gasteiger partial charge on any atom is 0.267 e. The van der Waals surface area contributed by atoms with E-state index in [1.54, 1.807) is 34.1 Å². The molecule has 10 heteroatoms. The number of carbonyl (C=O) groups is 1. The number of phenols is 1. The average molecular weight is 521 g/mol. The third kappa shape index (κ3) is 5.00. The Hall–Kier alpha value is -3.63. The van der Waals surface area contributed by atoms with Crippen molar-refractivity contribution in [3.8, 4) is 17.2 Å². The van der Waals surface area contributed by atoms with Crippen LogP contribution in [0.25, 0.3) is 15.9 Å². The molecule has 0 fully saturated rings. The molecule has 0 aliphatic heterocycles. The van der Waals surface area contributed by atoms with Crippen LogP contribution in [0.4, 0.5) is 0 Å². The predicted octanol–water partition coefficient (Wildman–Crippen LogP) is 4.28. The number of carbonyl (C=O) groups excluding carboxylic acids is 1. The summed E-state index contributed by atoms with van der Waals surface area (Å²) in [4.78, 5) is 33.0. The lowest BCUT2D eigenvalue weighted by Gasteiger charge is -2.13. The highest BCUT2D eigenvalue weighted by atomic mass is 32.2. The Bertz CT molecular complexity index is 1510. The van der Waals surface area contributed by atoms with Crippen LogP contribution < -0.4 is 15.7 Å². The number of benzene rings is 2. The number of nitrogens with one attached hydrogen (secondary N) is 1. The molecule has 1 aliphatic rings. The Kier molecular flexibility index (Phi) is 7.06. The van der Waals surface area contributed by atoms with E-state index >= 15 is 0 Å². The van der Waals surface area contributed by atoms with Crippen molar-refractivity contribution in [2.75, 3.05) is 12.4 Å². The highest BCUT2D eigenvalue weighted by Crippen LogP contribution is 2.36. The van der Waals surface area contributed by atoms with Crippen LogP contribution in [0.15, 0.2) is 63.6 Å². The van der Waals surface area contributed by atoms with Gasteiger partial charge in [0.2, 0.25) is 0 Å². The maximum atomic E-state index is 13.7. The van der Waals surface area contributed by atoms with Crippen molar-refractivity contribution >= 4 is 45.4 Å². The number of thiophene rings is 1. The van der Waals surface area contributed by atoms with E-state index in [4.69, 9.17) is 9.72 Å². The molecule has 5 rings (SSSR count).